The van der Waals surface area contributed by atoms with Gasteiger partial charge < -0.3 is 38.2 Å². The summed E-state index contributed by atoms with van der Waals surface area (Å²) in [5.74, 6) is 3.42. The third-order valence-corrected chi connectivity index (χ3v) is 8.97. The average Bonchev–Trinajstić information content (AvgIpc) is 3.17. The van der Waals surface area contributed by atoms with E-state index in [-0.39, 0.29) is 11.8 Å². The molecule has 0 atom stereocenters. The Hall–Kier alpha value is -4.94. The summed E-state index contributed by atoms with van der Waals surface area (Å²) in [6.45, 7) is 8.31. The van der Waals surface area contributed by atoms with Crippen molar-refractivity contribution in [1.82, 2.24) is 19.6 Å². The van der Waals surface area contributed by atoms with Crippen LogP contribution in [0.15, 0.2) is 60.7 Å². The van der Waals surface area contributed by atoms with Crippen molar-refractivity contribution in [2.45, 2.75) is 6.42 Å². The van der Waals surface area contributed by atoms with Gasteiger partial charge in [0.1, 0.15) is 0 Å². The molecule has 0 aliphatic carbocycles. The van der Waals surface area contributed by atoms with Gasteiger partial charge in [0.2, 0.25) is 23.3 Å². The van der Waals surface area contributed by atoms with Crippen molar-refractivity contribution in [1.29, 1.82) is 0 Å². The molecule has 276 valence electrons. The lowest BCUT2D eigenvalue weighted by atomic mass is 10.1. The van der Waals surface area contributed by atoms with Gasteiger partial charge in [-0.05, 0) is 54.9 Å². The summed E-state index contributed by atoms with van der Waals surface area (Å²) in [5, 5.41) is 0. The second-order valence-corrected chi connectivity index (χ2v) is 12.0. The zero-order valence-corrected chi connectivity index (χ0v) is 30.8. The maximum atomic E-state index is 12.8. The van der Waals surface area contributed by atoms with Crippen LogP contribution in [0, 0.1) is 0 Å². The van der Waals surface area contributed by atoms with E-state index in [1.54, 1.807) is 67.0 Å². The predicted octanol–water partition coefficient (Wildman–Crippen LogP) is 4.26. The fourth-order valence-corrected chi connectivity index (χ4v) is 6.12. The van der Waals surface area contributed by atoms with E-state index in [4.69, 9.17) is 28.4 Å². The first-order valence-corrected chi connectivity index (χ1v) is 17.2. The van der Waals surface area contributed by atoms with Crippen molar-refractivity contribution >= 4 is 24.0 Å². The third-order valence-electron chi connectivity index (χ3n) is 8.97. The Kier molecular flexibility index (Phi) is 15.3. The van der Waals surface area contributed by atoms with Crippen LogP contribution in [0.1, 0.15) is 17.5 Å². The first-order chi connectivity index (χ1) is 24.8. The number of nitrogens with zero attached hydrogens (tertiary/aromatic N) is 4. The Balaban J connectivity index is 1.12. The maximum absolute atomic E-state index is 12.8. The monoisotopic (exact) mass is 704 g/mol. The van der Waals surface area contributed by atoms with Crippen molar-refractivity contribution in [3.8, 4) is 34.5 Å². The Labute approximate surface area is 302 Å². The van der Waals surface area contributed by atoms with Crippen LogP contribution in [-0.2, 0) is 9.59 Å². The zero-order chi connectivity index (χ0) is 36.6. The first-order valence-electron chi connectivity index (χ1n) is 17.2. The molecule has 51 heavy (non-hydrogen) atoms. The Morgan fingerprint density at radius 2 is 0.843 bits per heavy atom. The van der Waals surface area contributed by atoms with Gasteiger partial charge in [-0.15, -0.1) is 0 Å². The lowest BCUT2D eigenvalue weighted by Crippen LogP contribution is -2.50. The van der Waals surface area contributed by atoms with Gasteiger partial charge in [-0.25, -0.2) is 0 Å². The fraction of sp³-hybridized carbons (Fsp3) is 0.436. The van der Waals surface area contributed by atoms with E-state index in [9.17, 15) is 9.59 Å². The van der Waals surface area contributed by atoms with Gasteiger partial charge >= 0.3 is 0 Å². The molecule has 2 heterocycles. The molecule has 0 N–H and O–H groups in total. The lowest BCUT2D eigenvalue weighted by Gasteiger charge is -2.36. The molecule has 0 spiro atoms. The van der Waals surface area contributed by atoms with Crippen LogP contribution in [0.25, 0.3) is 12.2 Å². The lowest BCUT2D eigenvalue weighted by molar-refractivity contribution is -0.128. The quantitative estimate of drug-likeness (QED) is 0.186. The second-order valence-electron chi connectivity index (χ2n) is 12.0. The summed E-state index contributed by atoms with van der Waals surface area (Å²) in [6, 6.07) is 7.42. The standard InChI is InChI=1S/C39H52N4O8/c1-46-32-26-30(27-33(47-2)38(32)50-5)12-7-9-14-36(44)42-22-18-40(19-23-42)16-11-17-41-20-24-43(25-21-41)37(45)15-10-8-13-31-28-34(48-3)39(51-6)35(29-31)49-4/h7-10,12-15,26-29H,11,16-25H2,1-6H3. The number of amides is 2. The fourth-order valence-electron chi connectivity index (χ4n) is 6.12. The third kappa shape index (κ3) is 11.0. The summed E-state index contributed by atoms with van der Waals surface area (Å²) in [4.78, 5) is 34.2. The number of hydrogen-bond donors (Lipinski definition) is 0. The van der Waals surface area contributed by atoms with Gasteiger partial charge in [-0.1, -0.05) is 36.5 Å². The van der Waals surface area contributed by atoms with Crippen LogP contribution in [0.2, 0.25) is 0 Å². The number of benzene rings is 2. The number of rotatable bonds is 16. The number of allylic oxidation sites excluding steroid dienone is 4. The molecular weight excluding hydrogens is 652 g/mol. The average molecular weight is 705 g/mol. The number of carbonyl (C=O) groups excluding carboxylic acids is 2. The minimum absolute atomic E-state index is 0.0149. The molecular formula is C39H52N4O8. The van der Waals surface area contributed by atoms with Gasteiger partial charge in [-0.2, -0.15) is 0 Å². The van der Waals surface area contributed by atoms with Crippen LogP contribution in [0.3, 0.4) is 0 Å². The summed E-state index contributed by atoms with van der Waals surface area (Å²) in [5.41, 5.74) is 1.74. The highest BCUT2D eigenvalue weighted by atomic mass is 16.5. The first kappa shape index (κ1) is 38.9. The van der Waals surface area contributed by atoms with Crippen molar-refractivity contribution in [3.63, 3.8) is 0 Å². The molecule has 2 aliphatic rings. The molecule has 4 rings (SSSR count). The SMILES string of the molecule is COc1cc(C=CC=CC(=O)N2CCN(CCCN3CCN(C(=O)C=CC=Cc4cc(OC)c(OC)c(OC)c4)CC3)CC2)cc(OC)c1OC. The number of methoxy groups -OCH3 is 6. The van der Waals surface area contributed by atoms with E-state index < -0.39 is 0 Å². The number of ether oxygens (including phenoxy) is 6. The van der Waals surface area contributed by atoms with E-state index in [0.29, 0.717) is 60.7 Å². The van der Waals surface area contributed by atoms with Gasteiger partial charge in [0, 0.05) is 64.5 Å². The van der Waals surface area contributed by atoms with Crippen LogP contribution in [0.4, 0.5) is 0 Å². The normalized spacial score (nSPS) is 16.0. The van der Waals surface area contributed by atoms with E-state index in [2.05, 4.69) is 9.80 Å². The molecule has 12 nitrogen and oxygen atoms in total. The molecule has 2 saturated heterocycles. The molecule has 2 amide bonds. The van der Waals surface area contributed by atoms with E-state index in [1.807, 2.05) is 58.4 Å². The molecule has 0 unspecified atom stereocenters. The van der Waals surface area contributed by atoms with Crippen molar-refractivity contribution in [2.75, 3.05) is 108 Å². The van der Waals surface area contributed by atoms with Crippen molar-refractivity contribution in [2.24, 2.45) is 0 Å². The van der Waals surface area contributed by atoms with Crippen LogP contribution >= 0.6 is 0 Å². The largest absolute Gasteiger partial charge is 0.493 e. The minimum atomic E-state index is 0.0149. The molecule has 2 fully saturated rings. The predicted molar refractivity (Wildman–Crippen MR) is 199 cm³/mol. The van der Waals surface area contributed by atoms with E-state index in [0.717, 1.165) is 56.8 Å². The summed E-state index contributed by atoms with van der Waals surface area (Å²) in [6.07, 6.45) is 15.2. The number of hydrogen-bond acceptors (Lipinski definition) is 10. The van der Waals surface area contributed by atoms with Crippen molar-refractivity contribution < 1.29 is 38.0 Å². The molecule has 0 radical (unpaired) electrons. The summed E-state index contributed by atoms with van der Waals surface area (Å²) >= 11 is 0. The van der Waals surface area contributed by atoms with Gasteiger partial charge in [0.05, 0.1) is 42.7 Å². The second kappa shape index (κ2) is 20.0. The van der Waals surface area contributed by atoms with Gasteiger partial charge in [0.25, 0.3) is 0 Å². The van der Waals surface area contributed by atoms with Crippen molar-refractivity contribution in [3.05, 3.63) is 71.8 Å². The molecule has 12 heteroatoms. The van der Waals surface area contributed by atoms with Crippen LogP contribution < -0.4 is 28.4 Å². The Bertz CT molecular complexity index is 1410. The summed E-state index contributed by atoms with van der Waals surface area (Å²) < 4.78 is 32.4. The Morgan fingerprint density at radius 1 is 0.510 bits per heavy atom. The summed E-state index contributed by atoms with van der Waals surface area (Å²) in [7, 11) is 9.47. The van der Waals surface area contributed by atoms with Crippen LogP contribution in [0.5, 0.6) is 34.5 Å². The number of carbonyl (C=O) groups is 2. The number of piperazine rings is 2. The van der Waals surface area contributed by atoms with Gasteiger partial charge in [-0.3, -0.25) is 19.4 Å². The van der Waals surface area contributed by atoms with Gasteiger partial charge in [0.15, 0.2) is 23.0 Å². The zero-order valence-electron chi connectivity index (χ0n) is 30.8. The topological polar surface area (TPSA) is 102 Å². The van der Waals surface area contributed by atoms with Crippen LogP contribution in [-0.4, -0.2) is 140 Å². The molecule has 0 aromatic heterocycles. The highest BCUT2D eigenvalue weighted by molar-refractivity contribution is 5.88. The molecule has 0 bridgehead atoms. The molecule has 0 saturated carbocycles. The Morgan fingerprint density at radius 3 is 1.14 bits per heavy atom. The highest BCUT2D eigenvalue weighted by Gasteiger charge is 2.22. The molecule has 2 aromatic rings. The molecule has 2 aliphatic heterocycles. The van der Waals surface area contributed by atoms with E-state index in [1.165, 1.54) is 0 Å². The van der Waals surface area contributed by atoms with E-state index >= 15 is 0 Å². The smallest absolute Gasteiger partial charge is 0.246 e. The molecule has 2 aromatic carbocycles. The maximum Gasteiger partial charge on any atom is 0.246 e. The minimum Gasteiger partial charge on any atom is -0.493 e. The highest BCUT2D eigenvalue weighted by Crippen LogP contribution is 2.39.